The van der Waals surface area contributed by atoms with Gasteiger partial charge < -0.3 is 21.3 Å². The van der Waals surface area contributed by atoms with E-state index in [0.717, 1.165) is 12.0 Å². The Morgan fingerprint density at radius 2 is 2.12 bits per heavy atom. The second-order valence-electron chi connectivity index (χ2n) is 8.54. The molecule has 1 aliphatic heterocycles. The number of allylic oxidation sites excluding steroid dienone is 1. The molecule has 0 saturated carbocycles. The van der Waals surface area contributed by atoms with Crippen LogP contribution in [0.2, 0.25) is 0 Å². The van der Waals surface area contributed by atoms with Gasteiger partial charge in [0.1, 0.15) is 17.4 Å². The number of hydrogen-bond donors (Lipinski definition) is 2. The van der Waals surface area contributed by atoms with Gasteiger partial charge >= 0.3 is 0 Å². The minimum atomic E-state index is -1.18. The van der Waals surface area contributed by atoms with E-state index >= 15 is 0 Å². The van der Waals surface area contributed by atoms with Gasteiger partial charge in [-0.2, -0.15) is 10.2 Å². The molecule has 3 rings (SSSR count). The monoisotopic (exact) mass is 468 g/mol. The Labute approximate surface area is 199 Å². The zero-order chi connectivity index (χ0) is 24.5. The van der Waals surface area contributed by atoms with Gasteiger partial charge in [0.05, 0.1) is 33.7 Å². The van der Waals surface area contributed by atoms with Crippen LogP contribution in [0.1, 0.15) is 44.0 Å². The lowest BCUT2D eigenvalue weighted by molar-refractivity contribution is -0.123. The highest BCUT2D eigenvalue weighted by Crippen LogP contribution is 2.39. The molecule has 1 saturated heterocycles. The van der Waals surface area contributed by atoms with Crippen LogP contribution in [0.3, 0.4) is 0 Å². The van der Waals surface area contributed by atoms with Crippen molar-refractivity contribution in [2.75, 3.05) is 29.9 Å². The fourth-order valence-corrected chi connectivity index (χ4v) is 4.20. The molecule has 3 heterocycles. The first-order valence-corrected chi connectivity index (χ1v) is 11.1. The molecule has 0 radical (unpaired) electrons. The van der Waals surface area contributed by atoms with E-state index < -0.39 is 11.4 Å². The van der Waals surface area contributed by atoms with Crippen molar-refractivity contribution in [3.8, 4) is 6.07 Å². The van der Waals surface area contributed by atoms with E-state index in [9.17, 15) is 10.1 Å². The van der Waals surface area contributed by atoms with E-state index in [4.69, 9.17) is 33.0 Å². The maximum Gasteiger partial charge on any atom is 0.239 e. The van der Waals surface area contributed by atoms with E-state index in [-0.39, 0.29) is 12.5 Å². The Balaban J connectivity index is 2.18. The van der Waals surface area contributed by atoms with Crippen molar-refractivity contribution in [3.05, 3.63) is 40.9 Å². The molecule has 0 aliphatic carbocycles. The minimum absolute atomic E-state index is 0.175. The first kappa shape index (κ1) is 24.4. The normalized spacial score (nSPS) is 20.9. The third-order valence-corrected chi connectivity index (χ3v) is 6.82. The number of halogens is 1. The van der Waals surface area contributed by atoms with Crippen LogP contribution in [0, 0.1) is 24.2 Å². The number of aryl methyl sites for hydroxylation is 1. The van der Waals surface area contributed by atoms with E-state index in [1.807, 2.05) is 32.6 Å². The van der Waals surface area contributed by atoms with Gasteiger partial charge in [0.2, 0.25) is 11.9 Å². The third-order valence-electron chi connectivity index (χ3n) is 6.31. The van der Waals surface area contributed by atoms with Crippen molar-refractivity contribution in [3.63, 3.8) is 0 Å². The summed E-state index contributed by atoms with van der Waals surface area (Å²) >= 11 is 6.79. The number of anilines is 3. The van der Waals surface area contributed by atoms with Crippen molar-refractivity contribution in [2.45, 2.75) is 39.7 Å². The van der Waals surface area contributed by atoms with Gasteiger partial charge in [0, 0.05) is 32.3 Å². The van der Waals surface area contributed by atoms with Crippen LogP contribution in [-0.4, -0.2) is 46.5 Å². The second-order valence-corrected chi connectivity index (χ2v) is 8.92. The van der Waals surface area contributed by atoms with E-state index in [1.165, 1.54) is 6.20 Å². The fourth-order valence-electron chi connectivity index (χ4n) is 3.85. The van der Waals surface area contributed by atoms with Gasteiger partial charge in [0.15, 0.2) is 0 Å². The molecular formula is C23H29ClN8O. The quantitative estimate of drug-likeness (QED) is 0.659. The Morgan fingerprint density at radius 1 is 1.42 bits per heavy atom. The molecule has 1 aliphatic rings. The molecule has 4 N–H and O–H groups in total. The first-order valence-electron chi connectivity index (χ1n) is 10.7. The lowest BCUT2D eigenvalue weighted by atomic mass is 9.89. The summed E-state index contributed by atoms with van der Waals surface area (Å²) in [6.07, 6.45) is 3.90. The van der Waals surface area contributed by atoms with Crippen LogP contribution >= 0.6 is 11.6 Å². The number of carbonyl (C=O) groups is 1. The second kappa shape index (κ2) is 9.33. The number of amides is 1. The Kier molecular flexibility index (Phi) is 6.91. The highest BCUT2D eigenvalue weighted by Gasteiger charge is 2.47. The summed E-state index contributed by atoms with van der Waals surface area (Å²) in [6.45, 7) is 8.48. The molecule has 0 spiro atoms. The zero-order valence-corrected chi connectivity index (χ0v) is 20.3. The summed E-state index contributed by atoms with van der Waals surface area (Å²) in [7, 11) is 1.80. The summed E-state index contributed by atoms with van der Waals surface area (Å²) in [5.74, 6) is 0.272. The van der Waals surface area contributed by atoms with Gasteiger partial charge in [-0.15, -0.1) is 0 Å². The van der Waals surface area contributed by atoms with Crippen LogP contribution in [0.25, 0.3) is 5.03 Å². The van der Waals surface area contributed by atoms with Gasteiger partial charge in [-0.25, -0.2) is 4.98 Å². The molecule has 2 atom stereocenters. The Morgan fingerprint density at radius 3 is 2.70 bits per heavy atom. The van der Waals surface area contributed by atoms with Crippen molar-refractivity contribution in [2.24, 2.45) is 17.4 Å². The number of aromatic nitrogens is 3. The molecule has 0 bridgehead atoms. The van der Waals surface area contributed by atoms with Crippen molar-refractivity contribution in [1.29, 1.82) is 5.26 Å². The number of nitriles is 1. The molecule has 9 nitrogen and oxygen atoms in total. The molecule has 1 fully saturated rings. The molecule has 2 unspecified atom stereocenters. The average Bonchev–Trinajstić information content (AvgIpc) is 3.12. The molecule has 1 amide bonds. The number of nitrogens with two attached hydrogens (primary N) is 2. The maximum absolute atomic E-state index is 12.1. The standard InChI is InChI=1S/C23H29ClN8O/c1-6-13(2)19(24)18-15(4)29-22(31(5)17-7-16(8-25)9-28-10-17)30-20(18)32-11-14(3)23(27,12-32)21(26)33/h7,9-10,14H,6,11-12,27H2,1-5H3,(H2,26,33)/b19-13-. The van der Waals surface area contributed by atoms with Gasteiger partial charge in [0.25, 0.3) is 0 Å². The van der Waals surface area contributed by atoms with Crippen molar-refractivity contribution >= 4 is 40.0 Å². The molecule has 174 valence electrons. The van der Waals surface area contributed by atoms with E-state index in [0.29, 0.717) is 45.9 Å². The number of pyridine rings is 1. The topological polar surface area (TPSA) is 138 Å². The maximum atomic E-state index is 12.1. The summed E-state index contributed by atoms with van der Waals surface area (Å²) in [4.78, 5) is 29.5. The zero-order valence-electron chi connectivity index (χ0n) is 19.6. The molecule has 2 aromatic rings. The van der Waals surface area contributed by atoms with Crippen LogP contribution < -0.4 is 21.3 Å². The average molecular weight is 469 g/mol. The Bertz CT molecular complexity index is 1160. The predicted octanol–water partition coefficient (Wildman–Crippen LogP) is 2.84. The van der Waals surface area contributed by atoms with Crippen molar-refractivity contribution in [1.82, 2.24) is 15.0 Å². The smallest absolute Gasteiger partial charge is 0.239 e. The van der Waals surface area contributed by atoms with Crippen LogP contribution in [0.5, 0.6) is 0 Å². The summed E-state index contributed by atoms with van der Waals surface area (Å²) in [6, 6.07) is 3.80. The molecule has 0 aromatic carbocycles. The first-order chi connectivity index (χ1) is 15.5. The van der Waals surface area contributed by atoms with E-state index in [2.05, 4.69) is 11.1 Å². The van der Waals surface area contributed by atoms with Gasteiger partial charge in [-0.05, 0) is 26.3 Å². The van der Waals surface area contributed by atoms with Crippen LogP contribution in [-0.2, 0) is 4.79 Å². The summed E-state index contributed by atoms with van der Waals surface area (Å²) in [5, 5.41) is 9.80. The largest absolute Gasteiger partial charge is 0.368 e. The van der Waals surface area contributed by atoms with E-state index in [1.54, 1.807) is 24.2 Å². The highest BCUT2D eigenvalue weighted by atomic mass is 35.5. The number of hydrogen-bond acceptors (Lipinski definition) is 8. The third kappa shape index (κ3) is 4.49. The molecule has 2 aromatic heterocycles. The lowest BCUT2D eigenvalue weighted by Crippen LogP contribution is -2.57. The SMILES string of the molecule is CC/C(C)=C(\Cl)c1c(C)nc(N(C)c2cncc(C#N)c2)nc1N1CC(C)C(N)(C(N)=O)C1. The van der Waals surface area contributed by atoms with Gasteiger partial charge in [-0.3, -0.25) is 9.78 Å². The van der Waals surface area contributed by atoms with Gasteiger partial charge in [-0.1, -0.05) is 31.0 Å². The number of primary amides is 1. The number of nitrogens with zero attached hydrogens (tertiary/aromatic N) is 6. The molecular weight excluding hydrogens is 440 g/mol. The molecule has 10 heteroatoms. The Hall–Kier alpha value is -3.22. The number of carbonyl (C=O) groups excluding carboxylic acids is 1. The summed E-state index contributed by atoms with van der Waals surface area (Å²) in [5.41, 5.74) is 14.3. The van der Waals surface area contributed by atoms with Crippen LogP contribution in [0.4, 0.5) is 17.5 Å². The number of rotatable bonds is 6. The summed E-state index contributed by atoms with van der Waals surface area (Å²) < 4.78 is 0. The fraction of sp³-hybridized carbons (Fsp3) is 0.435. The highest BCUT2D eigenvalue weighted by molar-refractivity contribution is 6.49. The molecule has 33 heavy (non-hydrogen) atoms. The lowest BCUT2D eigenvalue weighted by Gasteiger charge is -2.27. The predicted molar refractivity (Wildman–Crippen MR) is 130 cm³/mol. The minimum Gasteiger partial charge on any atom is -0.368 e. The van der Waals surface area contributed by atoms with Crippen LogP contribution in [0.15, 0.2) is 24.0 Å². The van der Waals surface area contributed by atoms with Crippen molar-refractivity contribution < 1.29 is 4.79 Å².